The number of hydrogen-bond donors (Lipinski definition) is 2. The molecule has 2 N–H and O–H groups in total. The third-order valence-corrected chi connectivity index (χ3v) is 7.23. The Morgan fingerprint density at radius 3 is 2.30 bits per heavy atom. The molecule has 1 saturated heterocycles. The molecule has 1 fully saturated rings. The molecule has 2 heterocycles. The molecular formula is C31H31N3O6. The summed E-state index contributed by atoms with van der Waals surface area (Å²) in [6, 6.07) is 15.1. The lowest BCUT2D eigenvalue weighted by molar-refractivity contribution is -0.132. The van der Waals surface area contributed by atoms with Crippen molar-refractivity contribution >= 4 is 34.4 Å². The van der Waals surface area contributed by atoms with Crippen LogP contribution in [0.4, 0.5) is 5.95 Å². The highest BCUT2D eigenvalue weighted by atomic mass is 16.5. The second-order valence-corrected chi connectivity index (χ2v) is 9.92. The highest BCUT2D eigenvalue weighted by Crippen LogP contribution is 2.44. The first-order chi connectivity index (χ1) is 19.2. The van der Waals surface area contributed by atoms with E-state index >= 15 is 0 Å². The van der Waals surface area contributed by atoms with Crippen molar-refractivity contribution in [2.75, 3.05) is 26.2 Å². The summed E-state index contributed by atoms with van der Waals surface area (Å²) in [6.45, 7) is 5.85. The van der Waals surface area contributed by atoms with Crippen LogP contribution >= 0.6 is 0 Å². The number of nitrogens with zero attached hydrogens (tertiary/aromatic N) is 2. The summed E-state index contributed by atoms with van der Waals surface area (Å²) < 4.78 is 16.5. The van der Waals surface area contributed by atoms with Crippen molar-refractivity contribution in [3.63, 3.8) is 0 Å². The molecule has 0 bridgehead atoms. The summed E-state index contributed by atoms with van der Waals surface area (Å²) in [5, 5.41) is 11.8. The molecule has 5 rings (SSSR count). The molecule has 9 heteroatoms. The van der Waals surface area contributed by atoms with Crippen LogP contribution in [-0.4, -0.2) is 48.1 Å². The number of aromatic nitrogens is 2. The topological polar surface area (TPSA) is 114 Å². The number of nitrogens with one attached hydrogen (secondary N) is 1. The van der Waals surface area contributed by atoms with Crippen molar-refractivity contribution in [1.82, 2.24) is 9.97 Å². The van der Waals surface area contributed by atoms with Crippen molar-refractivity contribution in [3.8, 4) is 17.2 Å². The molecule has 1 atom stereocenters. The fourth-order valence-corrected chi connectivity index (χ4v) is 5.17. The number of fused-ring (bicyclic) bond motifs is 1. The predicted octanol–water partition coefficient (Wildman–Crippen LogP) is 5.65. The average Bonchev–Trinajstić information content (AvgIpc) is 3.49. The molecule has 206 valence electrons. The normalized spacial score (nSPS) is 16.7. The van der Waals surface area contributed by atoms with Gasteiger partial charge < -0.3 is 24.3 Å². The van der Waals surface area contributed by atoms with Gasteiger partial charge in [-0.2, -0.15) is 0 Å². The minimum Gasteiger partial charge on any atom is -0.507 e. The number of carbonyl (C=O) groups is 2. The molecule has 1 aliphatic rings. The first-order valence-electron chi connectivity index (χ1n) is 12.9. The smallest absolute Gasteiger partial charge is 0.302 e. The summed E-state index contributed by atoms with van der Waals surface area (Å²) in [5.41, 5.74) is 3.83. The molecule has 4 aromatic rings. The van der Waals surface area contributed by atoms with Gasteiger partial charge >= 0.3 is 5.91 Å². The number of rotatable bonds is 7. The highest BCUT2D eigenvalue weighted by Gasteiger charge is 2.48. The lowest BCUT2D eigenvalue weighted by atomic mass is 9.91. The van der Waals surface area contributed by atoms with Crippen LogP contribution in [0.3, 0.4) is 0 Å². The molecule has 0 aliphatic carbocycles. The molecule has 0 spiro atoms. The first-order valence-corrected chi connectivity index (χ1v) is 12.9. The van der Waals surface area contributed by atoms with Gasteiger partial charge in [0.1, 0.15) is 11.5 Å². The number of hydrogen-bond acceptors (Lipinski definition) is 7. The van der Waals surface area contributed by atoms with Gasteiger partial charge in [0.05, 0.1) is 44.0 Å². The number of ether oxygens (including phenoxy) is 3. The summed E-state index contributed by atoms with van der Waals surface area (Å²) >= 11 is 0. The molecular weight excluding hydrogens is 510 g/mol. The number of benzene rings is 3. The Morgan fingerprint density at radius 2 is 1.65 bits per heavy atom. The Morgan fingerprint density at radius 1 is 0.950 bits per heavy atom. The second kappa shape index (κ2) is 10.4. The molecule has 1 amide bonds. The Balaban J connectivity index is 1.78. The number of methoxy groups -OCH3 is 3. The zero-order valence-corrected chi connectivity index (χ0v) is 23.2. The van der Waals surface area contributed by atoms with E-state index < -0.39 is 17.7 Å². The van der Waals surface area contributed by atoms with Gasteiger partial charge in [-0.15, -0.1) is 0 Å². The number of anilines is 1. The summed E-state index contributed by atoms with van der Waals surface area (Å²) in [6.07, 6.45) is 0. The van der Waals surface area contributed by atoms with E-state index in [9.17, 15) is 14.7 Å². The average molecular weight is 542 g/mol. The fourth-order valence-electron chi connectivity index (χ4n) is 5.17. The number of para-hydroxylation sites is 2. The van der Waals surface area contributed by atoms with E-state index in [0.29, 0.717) is 45.0 Å². The van der Waals surface area contributed by atoms with E-state index in [0.717, 1.165) is 5.56 Å². The molecule has 3 aromatic carbocycles. The van der Waals surface area contributed by atoms with Crippen LogP contribution in [0.25, 0.3) is 16.8 Å². The number of Topliss-reactive ketones (excluding diaryl/α,β-unsaturated/α-hetero) is 1. The molecule has 0 saturated carbocycles. The maximum atomic E-state index is 13.7. The van der Waals surface area contributed by atoms with Crippen molar-refractivity contribution in [2.24, 2.45) is 0 Å². The van der Waals surface area contributed by atoms with Crippen molar-refractivity contribution in [2.45, 2.75) is 32.7 Å². The Hall–Kier alpha value is -4.79. The minimum absolute atomic E-state index is 0.0550. The summed E-state index contributed by atoms with van der Waals surface area (Å²) in [5.74, 6) is -0.0488. The van der Waals surface area contributed by atoms with Crippen LogP contribution in [0.1, 0.15) is 48.1 Å². The van der Waals surface area contributed by atoms with Crippen LogP contribution in [0.15, 0.2) is 60.2 Å². The summed E-state index contributed by atoms with van der Waals surface area (Å²) in [4.78, 5) is 36.4. The Labute approximate surface area is 232 Å². The van der Waals surface area contributed by atoms with E-state index in [4.69, 9.17) is 14.2 Å². The number of amides is 1. The number of aliphatic hydroxyl groups is 1. The molecule has 1 aliphatic heterocycles. The zero-order chi connectivity index (χ0) is 28.7. The molecule has 1 aromatic heterocycles. The Bertz CT molecular complexity index is 1640. The van der Waals surface area contributed by atoms with E-state index in [1.54, 1.807) is 25.3 Å². The van der Waals surface area contributed by atoms with Gasteiger partial charge in [0.25, 0.3) is 5.78 Å². The van der Waals surface area contributed by atoms with Gasteiger partial charge in [-0.1, -0.05) is 32.0 Å². The third-order valence-electron chi connectivity index (χ3n) is 7.23. The van der Waals surface area contributed by atoms with Crippen molar-refractivity contribution in [1.29, 1.82) is 0 Å². The number of H-pyrrole nitrogens is 1. The van der Waals surface area contributed by atoms with Crippen LogP contribution in [0, 0.1) is 6.92 Å². The van der Waals surface area contributed by atoms with E-state index in [1.807, 2.05) is 57.2 Å². The van der Waals surface area contributed by atoms with Crippen molar-refractivity contribution in [3.05, 3.63) is 82.4 Å². The highest BCUT2D eigenvalue weighted by molar-refractivity contribution is 6.51. The summed E-state index contributed by atoms with van der Waals surface area (Å²) in [7, 11) is 4.62. The van der Waals surface area contributed by atoms with E-state index in [1.165, 1.54) is 19.1 Å². The molecule has 9 nitrogen and oxygen atoms in total. The lowest BCUT2D eigenvalue weighted by Gasteiger charge is -2.24. The molecule has 40 heavy (non-hydrogen) atoms. The largest absolute Gasteiger partial charge is 0.507 e. The van der Waals surface area contributed by atoms with Crippen molar-refractivity contribution < 1.29 is 28.9 Å². The third kappa shape index (κ3) is 4.33. The Kier molecular flexibility index (Phi) is 6.97. The van der Waals surface area contributed by atoms with Gasteiger partial charge in [-0.05, 0) is 65.9 Å². The van der Waals surface area contributed by atoms with Gasteiger partial charge in [0.2, 0.25) is 5.95 Å². The number of ketones is 1. The number of imidazole rings is 1. The van der Waals surface area contributed by atoms with E-state index in [-0.39, 0.29) is 23.2 Å². The zero-order valence-electron chi connectivity index (χ0n) is 23.2. The quantitative estimate of drug-likeness (QED) is 0.177. The predicted molar refractivity (Wildman–Crippen MR) is 152 cm³/mol. The maximum absolute atomic E-state index is 13.7. The maximum Gasteiger partial charge on any atom is 0.302 e. The minimum atomic E-state index is -0.996. The standard InChI is InChI=1S/C31H31N3O6/c1-16(2)19-15-20(17(3)13-24(19)39-5)28(35)26-27(18-11-12-23(38-4)25(14-18)40-6)34(30(37)29(26)36)31-32-21-9-7-8-10-22(21)33-31/h7-16,27,35H,1-6H3,(H,32,33)/b28-26+. The monoisotopic (exact) mass is 541 g/mol. The molecule has 1 unspecified atom stereocenters. The van der Waals surface area contributed by atoms with Crippen LogP contribution in [0.5, 0.6) is 17.2 Å². The van der Waals surface area contributed by atoms with Gasteiger partial charge in [-0.25, -0.2) is 4.98 Å². The van der Waals surface area contributed by atoms with Crippen LogP contribution in [-0.2, 0) is 9.59 Å². The number of aliphatic hydroxyl groups excluding tert-OH is 1. The fraction of sp³-hybridized carbons (Fsp3) is 0.258. The number of aryl methyl sites for hydroxylation is 1. The van der Waals surface area contributed by atoms with Gasteiger partial charge in [0.15, 0.2) is 11.5 Å². The van der Waals surface area contributed by atoms with Gasteiger partial charge in [0, 0.05) is 5.56 Å². The first kappa shape index (κ1) is 26.8. The van der Waals surface area contributed by atoms with Gasteiger partial charge in [-0.3, -0.25) is 14.5 Å². The molecule has 0 radical (unpaired) electrons. The van der Waals surface area contributed by atoms with E-state index in [2.05, 4.69) is 9.97 Å². The van der Waals surface area contributed by atoms with Crippen LogP contribution < -0.4 is 19.1 Å². The van der Waals surface area contributed by atoms with Crippen LogP contribution in [0.2, 0.25) is 0 Å². The number of aromatic amines is 1. The SMILES string of the molecule is COc1ccc(C2/C(=C(\O)c3cc(C(C)C)c(OC)cc3C)C(=O)C(=O)N2c2nc3ccccc3[nH]2)cc1OC. The second-order valence-electron chi connectivity index (χ2n) is 9.92. The lowest BCUT2D eigenvalue weighted by Crippen LogP contribution is -2.30. The number of carbonyl (C=O) groups excluding carboxylic acids is 2.